The topological polar surface area (TPSA) is 54.7 Å². The van der Waals surface area contributed by atoms with Crippen molar-refractivity contribution in [2.45, 2.75) is 71.0 Å². The second-order valence-electron chi connectivity index (χ2n) is 7.29. The number of nitrogens with zero attached hydrogens (tertiary/aromatic N) is 2. The Kier molecular flexibility index (Phi) is 4.83. The molecule has 0 amide bonds. The minimum absolute atomic E-state index is 0.0538. The Bertz CT molecular complexity index is 510. The molecule has 0 spiro atoms. The molecule has 1 aromatic heterocycles. The van der Waals surface area contributed by atoms with E-state index in [1.54, 1.807) is 6.20 Å². The molecular formula is C16H27BN2O4. The Morgan fingerprint density at radius 2 is 2.00 bits per heavy atom. The van der Waals surface area contributed by atoms with Crippen molar-refractivity contribution in [3.8, 4) is 0 Å². The van der Waals surface area contributed by atoms with E-state index in [4.69, 9.17) is 18.8 Å². The molecule has 0 radical (unpaired) electrons. The van der Waals surface area contributed by atoms with E-state index in [-0.39, 0.29) is 24.6 Å². The molecule has 0 aromatic carbocycles. The molecule has 2 fully saturated rings. The lowest BCUT2D eigenvalue weighted by atomic mass is 9.82. The Hall–Kier alpha value is -0.885. The van der Waals surface area contributed by atoms with Crippen molar-refractivity contribution in [3.63, 3.8) is 0 Å². The zero-order valence-corrected chi connectivity index (χ0v) is 14.6. The number of aromatic nitrogens is 2. The first kappa shape index (κ1) is 17.0. The van der Waals surface area contributed by atoms with Crippen LogP contribution in [0.5, 0.6) is 0 Å². The van der Waals surface area contributed by atoms with Crippen molar-refractivity contribution in [2.24, 2.45) is 0 Å². The largest absolute Gasteiger partial charge is 0.498 e. The maximum Gasteiger partial charge on any atom is 0.498 e. The highest BCUT2D eigenvalue weighted by Crippen LogP contribution is 2.36. The molecule has 0 bridgehead atoms. The highest BCUT2D eigenvalue weighted by molar-refractivity contribution is 6.61. The predicted molar refractivity (Wildman–Crippen MR) is 87.5 cm³/mol. The Morgan fingerprint density at radius 3 is 2.65 bits per heavy atom. The average molecular weight is 322 g/mol. The van der Waals surface area contributed by atoms with Crippen LogP contribution in [-0.2, 0) is 25.3 Å². The summed E-state index contributed by atoms with van der Waals surface area (Å²) in [6.07, 6.45) is 7.02. The van der Waals surface area contributed by atoms with Crippen LogP contribution < -0.4 is 5.46 Å². The van der Waals surface area contributed by atoms with Gasteiger partial charge in [-0.3, -0.25) is 4.68 Å². The van der Waals surface area contributed by atoms with Gasteiger partial charge in [0.2, 0.25) is 0 Å². The van der Waals surface area contributed by atoms with Crippen molar-refractivity contribution in [1.29, 1.82) is 0 Å². The third kappa shape index (κ3) is 3.79. The maximum atomic E-state index is 6.04. The van der Waals surface area contributed by atoms with Crippen LogP contribution in [0.15, 0.2) is 12.4 Å². The summed E-state index contributed by atoms with van der Waals surface area (Å²) in [7, 11) is -0.364. The van der Waals surface area contributed by atoms with Gasteiger partial charge in [-0.2, -0.15) is 5.10 Å². The summed E-state index contributed by atoms with van der Waals surface area (Å²) in [5.41, 5.74) is 0.278. The molecule has 2 aliphatic rings. The van der Waals surface area contributed by atoms with Gasteiger partial charge in [-0.15, -0.1) is 0 Å². The fourth-order valence-electron chi connectivity index (χ4n) is 2.72. The summed E-state index contributed by atoms with van der Waals surface area (Å²) in [5, 5.41) is 4.37. The van der Waals surface area contributed by atoms with Crippen LogP contribution in [0.1, 0.15) is 47.0 Å². The number of hydrogen-bond donors (Lipinski definition) is 0. The third-order valence-corrected chi connectivity index (χ3v) is 4.94. The Labute approximate surface area is 138 Å². The molecule has 6 nitrogen and oxygen atoms in total. The van der Waals surface area contributed by atoms with Crippen LogP contribution >= 0.6 is 0 Å². The molecule has 0 unspecified atom stereocenters. The summed E-state index contributed by atoms with van der Waals surface area (Å²) < 4.78 is 25.2. The van der Waals surface area contributed by atoms with Crippen LogP contribution in [0.25, 0.3) is 0 Å². The molecule has 0 N–H and O–H groups in total. The van der Waals surface area contributed by atoms with Gasteiger partial charge in [0.15, 0.2) is 6.29 Å². The van der Waals surface area contributed by atoms with Crippen molar-refractivity contribution < 1.29 is 18.8 Å². The van der Waals surface area contributed by atoms with E-state index in [1.165, 1.54) is 6.42 Å². The lowest BCUT2D eigenvalue weighted by molar-refractivity contribution is -0.163. The van der Waals surface area contributed by atoms with Gasteiger partial charge >= 0.3 is 7.12 Å². The summed E-state index contributed by atoms with van der Waals surface area (Å²) in [4.78, 5) is 0. The van der Waals surface area contributed by atoms with E-state index in [9.17, 15) is 0 Å². The molecular weight excluding hydrogens is 295 g/mol. The molecule has 1 atom stereocenters. The highest BCUT2D eigenvalue weighted by atomic mass is 16.7. The zero-order valence-electron chi connectivity index (χ0n) is 14.6. The van der Waals surface area contributed by atoms with Gasteiger partial charge in [-0.1, -0.05) is 0 Å². The molecule has 2 aliphatic heterocycles. The molecule has 1 aromatic rings. The van der Waals surface area contributed by atoms with Crippen molar-refractivity contribution in [1.82, 2.24) is 9.78 Å². The van der Waals surface area contributed by atoms with E-state index >= 15 is 0 Å². The number of ether oxygens (including phenoxy) is 2. The third-order valence-electron chi connectivity index (χ3n) is 4.94. The zero-order chi connectivity index (χ0) is 16.5. The predicted octanol–water partition coefficient (Wildman–Crippen LogP) is 1.73. The van der Waals surface area contributed by atoms with E-state index in [1.807, 2.05) is 10.9 Å². The average Bonchev–Trinajstić information content (AvgIpc) is 3.03. The summed E-state index contributed by atoms with van der Waals surface area (Å²) >= 11 is 0. The summed E-state index contributed by atoms with van der Waals surface area (Å²) in [5.74, 6) is 0. The number of rotatable bonds is 5. The van der Waals surface area contributed by atoms with Gasteiger partial charge in [0.1, 0.15) is 0 Å². The lowest BCUT2D eigenvalue weighted by Crippen LogP contribution is -2.41. The molecule has 128 valence electrons. The summed E-state index contributed by atoms with van der Waals surface area (Å²) in [6, 6.07) is 0. The van der Waals surface area contributed by atoms with E-state index in [0.29, 0.717) is 13.2 Å². The second kappa shape index (κ2) is 6.55. The SMILES string of the molecule is CC1(C)OB(c2cnn(CCO[C@H]3CCCCO3)c2)OC1(C)C. The van der Waals surface area contributed by atoms with E-state index in [2.05, 4.69) is 32.8 Å². The van der Waals surface area contributed by atoms with Crippen molar-refractivity contribution in [3.05, 3.63) is 12.4 Å². The highest BCUT2D eigenvalue weighted by Gasteiger charge is 2.52. The second-order valence-corrected chi connectivity index (χ2v) is 7.29. The first-order valence-electron chi connectivity index (χ1n) is 8.49. The van der Waals surface area contributed by atoms with E-state index < -0.39 is 0 Å². The summed E-state index contributed by atoms with van der Waals surface area (Å²) in [6.45, 7) is 10.3. The van der Waals surface area contributed by atoms with Crippen LogP contribution in [0, 0.1) is 0 Å². The van der Waals surface area contributed by atoms with Gasteiger partial charge in [-0.05, 0) is 47.0 Å². The molecule has 0 aliphatic carbocycles. The normalized spacial score (nSPS) is 26.6. The minimum Gasteiger partial charge on any atom is -0.399 e. The molecule has 3 rings (SSSR count). The van der Waals surface area contributed by atoms with Gasteiger partial charge in [0.25, 0.3) is 0 Å². The number of hydrogen-bond acceptors (Lipinski definition) is 5. The van der Waals surface area contributed by atoms with Crippen molar-refractivity contribution in [2.75, 3.05) is 13.2 Å². The van der Waals surface area contributed by atoms with E-state index in [0.717, 1.165) is 24.9 Å². The van der Waals surface area contributed by atoms with Gasteiger partial charge in [0, 0.05) is 24.5 Å². The fourth-order valence-corrected chi connectivity index (χ4v) is 2.72. The fraction of sp³-hybridized carbons (Fsp3) is 0.812. The minimum atomic E-state index is -0.364. The molecule has 23 heavy (non-hydrogen) atoms. The standard InChI is InChI=1S/C16H27BN2O4/c1-15(2)16(3,4)23-17(22-15)13-11-18-19(12-13)8-10-21-14-7-5-6-9-20-14/h11-12,14H,5-10H2,1-4H3/t14-/m0/s1. The Morgan fingerprint density at radius 1 is 1.26 bits per heavy atom. The Balaban J connectivity index is 1.50. The molecule has 2 saturated heterocycles. The van der Waals surface area contributed by atoms with Gasteiger partial charge < -0.3 is 18.8 Å². The quantitative estimate of drug-likeness (QED) is 0.773. The first-order chi connectivity index (χ1) is 10.9. The van der Waals surface area contributed by atoms with Crippen LogP contribution in [-0.4, -0.2) is 47.6 Å². The smallest absolute Gasteiger partial charge is 0.399 e. The van der Waals surface area contributed by atoms with Crippen LogP contribution in [0.4, 0.5) is 0 Å². The monoisotopic (exact) mass is 322 g/mol. The first-order valence-corrected chi connectivity index (χ1v) is 8.49. The van der Waals surface area contributed by atoms with Gasteiger partial charge in [0.05, 0.1) is 24.4 Å². The maximum absolute atomic E-state index is 6.04. The molecule has 7 heteroatoms. The lowest BCUT2D eigenvalue weighted by Gasteiger charge is -2.32. The van der Waals surface area contributed by atoms with Crippen LogP contribution in [0.2, 0.25) is 0 Å². The van der Waals surface area contributed by atoms with Gasteiger partial charge in [-0.25, -0.2) is 0 Å². The van der Waals surface area contributed by atoms with Crippen molar-refractivity contribution >= 4 is 12.6 Å². The molecule has 3 heterocycles. The molecule has 0 saturated carbocycles. The van der Waals surface area contributed by atoms with Crippen LogP contribution in [0.3, 0.4) is 0 Å².